The van der Waals surface area contributed by atoms with E-state index in [1.54, 1.807) is 26.0 Å². The van der Waals surface area contributed by atoms with Gasteiger partial charge in [-0.25, -0.2) is 0 Å². The van der Waals surface area contributed by atoms with Gasteiger partial charge in [0, 0.05) is 17.7 Å². The second-order valence-electron chi connectivity index (χ2n) is 5.44. The van der Waals surface area contributed by atoms with Gasteiger partial charge in [0.2, 0.25) is 5.82 Å². The summed E-state index contributed by atoms with van der Waals surface area (Å²) in [5.74, 6) is 0.765. The van der Waals surface area contributed by atoms with Crippen molar-refractivity contribution in [2.24, 2.45) is 0 Å². The van der Waals surface area contributed by atoms with Crippen molar-refractivity contribution in [3.63, 3.8) is 0 Å². The molecule has 11 nitrogen and oxygen atoms in total. The molecule has 0 unspecified atom stereocenters. The zero-order chi connectivity index (χ0) is 18.4. The van der Waals surface area contributed by atoms with Crippen LogP contribution in [0, 0.1) is 24.0 Å². The Hall–Kier alpha value is -3.47. The summed E-state index contributed by atoms with van der Waals surface area (Å²) in [6, 6.07) is 5.84. The molecule has 3 aromatic heterocycles. The molecule has 0 amide bonds. The molecule has 0 bridgehead atoms. The molecule has 26 heavy (non-hydrogen) atoms. The number of benzene rings is 1. The Morgan fingerprint density at radius 1 is 1.04 bits per heavy atom. The van der Waals surface area contributed by atoms with Gasteiger partial charge in [-0.2, -0.15) is 14.3 Å². The van der Waals surface area contributed by atoms with Crippen LogP contribution in [0.5, 0.6) is 0 Å². The molecule has 0 aliphatic rings. The number of nitrogens with zero attached hydrogens (tertiary/aromatic N) is 9. The standard InChI is InChI=1S/C14H10ClN9O2/c1-7-11(15)8(2)22(20-7)14-19-18-13-17-16-12(21-23(13)14)9-3-5-10(6-4-9)24(25)26/h3-6H,1-2H3. The molecule has 0 spiro atoms. The summed E-state index contributed by atoms with van der Waals surface area (Å²) < 4.78 is 2.91. The zero-order valence-corrected chi connectivity index (χ0v) is 14.3. The summed E-state index contributed by atoms with van der Waals surface area (Å²) in [6.45, 7) is 3.58. The smallest absolute Gasteiger partial charge is 0.258 e. The summed E-state index contributed by atoms with van der Waals surface area (Å²) >= 11 is 6.19. The molecule has 0 saturated heterocycles. The maximum atomic E-state index is 10.8. The first-order valence-corrected chi connectivity index (χ1v) is 7.76. The van der Waals surface area contributed by atoms with Crippen LogP contribution in [0.3, 0.4) is 0 Å². The summed E-state index contributed by atoms with van der Waals surface area (Å²) in [6.07, 6.45) is 0. The molecule has 0 atom stereocenters. The average molecular weight is 372 g/mol. The molecule has 1 aromatic carbocycles. The largest absolute Gasteiger partial charge is 0.292 e. The molecule has 0 aliphatic carbocycles. The zero-order valence-electron chi connectivity index (χ0n) is 13.5. The Labute approximate surface area is 150 Å². The quantitative estimate of drug-likeness (QED) is 0.394. The van der Waals surface area contributed by atoms with E-state index in [4.69, 9.17) is 11.6 Å². The Morgan fingerprint density at radius 3 is 2.35 bits per heavy atom. The first-order valence-electron chi connectivity index (χ1n) is 7.39. The lowest BCUT2D eigenvalue weighted by Gasteiger charge is -2.03. The van der Waals surface area contributed by atoms with Gasteiger partial charge in [0.25, 0.3) is 17.4 Å². The number of fused-ring (bicyclic) bond motifs is 1. The van der Waals surface area contributed by atoms with Gasteiger partial charge in [0.15, 0.2) is 0 Å². The van der Waals surface area contributed by atoms with Gasteiger partial charge in [0.1, 0.15) is 0 Å². The van der Waals surface area contributed by atoms with Crippen molar-refractivity contribution in [1.29, 1.82) is 0 Å². The molecule has 0 radical (unpaired) electrons. The highest BCUT2D eigenvalue weighted by Crippen LogP contribution is 2.22. The molecule has 4 rings (SSSR count). The molecule has 0 fully saturated rings. The highest BCUT2D eigenvalue weighted by molar-refractivity contribution is 6.31. The van der Waals surface area contributed by atoms with Crippen LogP contribution in [-0.4, -0.2) is 44.7 Å². The summed E-state index contributed by atoms with van der Waals surface area (Å²) in [4.78, 5) is 10.3. The Morgan fingerprint density at radius 2 is 1.73 bits per heavy atom. The van der Waals surface area contributed by atoms with E-state index >= 15 is 0 Å². The normalized spacial score (nSPS) is 11.2. The topological polar surface area (TPSA) is 130 Å². The molecule has 0 aliphatic heterocycles. The third kappa shape index (κ3) is 2.45. The highest BCUT2D eigenvalue weighted by Gasteiger charge is 2.18. The summed E-state index contributed by atoms with van der Waals surface area (Å²) in [7, 11) is 0. The van der Waals surface area contributed by atoms with Crippen molar-refractivity contribution in [2.75, 3.05) is 0 Å². The van der Waals surface area contributed by atoms with Crippen LogP contribution in [0.4, 0.5) is 5.69 Å². The van der Waals surface area contributed by atoms with Crippen LogP contribution in [0.15, 0.2) is 24.3 Å². The lowest BCUT2D eigenvalue weighted by molar-refractivity contribution is -0.384. The van der Waals surface area contributed by atoms with Crippen molar-refractivity contribution in [1.82, 2.24) is 39.8 Å². The molecular weight excluding hydrogens is 362 g/mol. The van der Waals surface area contributed by atoms with Gasteiger partial charge in [-0.15, -0.1) is 25.5 Å². The van der Waals surface area contributed by atoms with Crippen LogP contribution in [0.1, 0.15) is 11.4 Å². The maximum Gasteiger partial charge on any atom is 0.292 e. The number of aryl methyl sites for hydroxylation is 1. The number of non-ortho nitro benzene ring substituents is 1. The highest BCUT2D eigenvalue weighted by atomic mass is 35.5. The maximum absolute atomic E-state index is 10.8. The Kier molecular flexibility index (Phi) is 3.58. The number of hydrogen-bond donors (Lipinski definition) is 0. The van der Waals surface area contributed by atoms with Gasteiger partial charge in [-0.1, -0.05) is 11.6 Å². The predicted octanol–water partition coefficient (Wildman–Crippen LogP) is 1.95. The van der Waals surface area contributed by atoms with Crippen molar-refractivity contribution >= 4 is 23.1 Å². The Bertz CT molecular complexity index is 1150. The molecule has 12 heteroatoms. The number of nitro benzene ring substituents is 1. The summed E-state index contributed by atoms with van der Waals surface area (Å²) in [5, 5.41) is 36.0. The third-order valence-corrected chi connectivity index (χ3v) is 4.31. The monoisotopic (exact) mass is 371 g/mol. The SMILES string of the molecule is Cc1nn(-c2nnc3nnc(-c4ccc([N+](=O)[O-])cc4)nn23)c(C)c1Cl. The number of rotatable bonds is 3. The van der Waals surface area contributed by atoms with E-state index in [1.165, 1.54) is 21.3 Å². The van der Waals surface area contributed by atoms with E-state index in [0.29, 0.717) is 27.9 Å². The molecule has 4 aromatic rings. The van der Waals surface area contributed by atoms with Crippen molar-refractivity contribution in [3.8, 4) is 17.3 Å². The van der Waals surface area contributed by atoms with Gasteiger partial charge < -0.3 is 0 Å². The lowest BCUT2D eigenvalue weighted by Crippen LogP contribution is -2.09. The molecule has 0 N–H and O–H groups in total. The average Bonchev–Trinajstić information content (AvgIpc) is 3.17. The fraction of sp³-hybridized carbons (Fsp3) is 0.143. The number of aromatic nitrogens is 8. The van der Waals surface area contributed by atoms with E-state index in [0.717, 1.165) is 0 Å². The first-order chi connectivity index (χ1) is 12.5. The molecule has 130 valence electrons. The minimum atomic E-state index is -0.476. The van der Waals surface area contributed by atoms with E-state index in [9.17, 15) is 10.1 Å². The van der Waals surface area contributed by atoms with Crippen molar-refractivity contribution in [3.05, 3.63) is 50.8 Å². The molecule has 3 heterocycles. The lowest BCUT2D eigenvalue weighted by atomic mass is 10.2. The third-order valence-electron chi connectivity index (χ3n) is 3.77. The van der Waals surface area contributed by atoms with Gasteiger partial charge in [0.05, 0.1) is 21.3 Å². The van der Waals surface area contributed by atoms with Crippen LogP contribution in [0.2, 0.25) is 5.02 Å². The Balaban J connectivity index is 1.84. The van der Waals surface area contributed by atoms with E-state index < -0.39 is 4.92 Å². The van der Waals surface area contributed by atoms with Crippen molar-refractivity contribution < 1.29 is 4.92 Å². The van der Waals surface area contributed by atoms with Gasteiger partial charge in [-0.05, 0) is 26.0 Å². The second kappa shape index (κ2) is 5.81. The second-order valence-corrected chi connectivity index (χ2v) is 5.81. The van der Waals surface area contributed by atoms with E-state index in [2.05, 4.69) is 30.6 Å². The van der Waals surface area contributed by atoms with Crippen LogP contribution >= 0.6 is 11.6 Å². The van der Waals surface area contributed by atoms with Crippen LogP contribution in [-0.2, 0) is 0 Å². The van der Waals surface area contributed by atoms with Gasteiger partial charge >= 0.3 is 0 Å². The molecular formula is C14H10ClN9O2. The number of nitro groups is 1. The minimum Gasteiger partial charge on any atom is -0.258 e. The minimum absolute atomic E-state index is 0.0231. The van der Waals surface area contributed by atoms with Crippen molar-refractivity contribution in [2.45, 2.75) is 13.8 Å². The number of halogens is 1. The fourth-order valence-electron chi connectivity index (χ4n) is 2.42. The number of hydrogen-bond acceptors (Lipinski definition) is 8. The van der Waals surface area contributed by atoms with E-state index in [-0.39, 0.29) is 17.3 Å². The van der Waals surface area contributed by atoms with E-state index in [1.807, 2.05) is 0 Å². The summed E-state index contributed by atoms with van der Waals surface area (Å²) in [5.41, 5.74) is 1.88. The molecule has 0 saturated carbocycles. The first kappa shape index (κ1) is 16.0. The van der Waals surface area contributed by atoms with Gasteiger partial charge in [-0.3, -0.25) is 10.1 Å². The fourth-order valence-corrected chi connectivity index (χ4v) is 2.54. The van der Waals surface area contributed by atoms with Crippen LogP contribution < -0.4 is 0 Å². The van der Waals surface area contributed by atoms with Crippen LogP contribution in [0.25, 0.3) is 23.1 Å². The predicted molar refractivity (Wildman–Crippen MR) is 90.1 cm³/mol.